The number of hydrogen-bond acceptors (Lipinski definition) is 2. The predicted octanol–water partition coefficient (Wildman–Crippen LogP) is 4.42. The van der Waals surface area contributed by atoms with Crippen molar-refractivity contribution in [1.29, 1.82) is 0 Å². The van der Waals surface area contributed by atoms with Crippen molar-refractivity contribution >= 4 is 53.5 Å². The second-order valence-corrected chi connectivity index (χ2v) is 5.87. The van der Waals surface area contributed by atoms with Crippen molar-refractivity contribution in [3.05, 3.63) is 25.6 Å². The van der Waals surface area contributed by atoms with Gasteiger partial charge in [0.2, 0.25) is 0 Å². The van der Waals surface area contributed by atoms with Crippen LogP contribution in [0.3, 0.4) is 0 Å². The molecule has 0 saturated heterocycles. The number of hydrogen-bond donors (Lipinski definition) is 1. The molecular formula is C10H12Br3NO. The molecule has 0 bridgehead atoms. The molecule has 0 radical (unpaired) electrons. The normalized spacial score (nSPS) is 12.6. The highest BCUT2D eigenvalue weighted by atomic mass is 79.9. The van der Waals surface area contributed by atoms with E-state index in [0.717, 1.165) is 19.1 Å². The van der Waals surface area contributed by atoms with E-state index in [0.29, 0.717) is 6.61 Å². The van der Waals surface area contributed by atoms with Crippen molar-refractivity contribution in [3.63, 3.8) is 0 Å². The summed E-state index contributed by atoms with van der Waals surface area (Å²) >= 11 is 10.5. The monoisotopic (exact) mass is 399 g/mol. The Morgan fingerprint density at radius 3 is 2.27 bits per heavy atom. The van der Waals surface area contributed by atoms with Crippen LogP contribution in [0, 0.1) is 0 Å². The maximum Gasteiger partial charge on any atom is 0.0661 e. The molecule has 1 atom stereocenters. The fourth-order valence-corrected chi connectivity index (χ4v) is 3.71. The SMILES string of the molecule is COCC(C)Nc1c(Br)cc(Br)cc1Br. The summed E-state index contributed by atoms with van der Waals surface area (Å²) in [5, 5.41) is 3.37. The lowest BCUT2D eigenvalue weighted by molar-refractivity contribution is 0.190. The largest absolute Gasteiger partial charge is 0.383 e. The smallest absolute Gasteiger partial charge is 0.0661 e. The second kappa shape index (κ2) is 6.23. The summed E-state index contributed by atoms with van der Waals surface area (Å²) < 4.78 is 8.15. The molecule has 0 spiro atoms. The number of nitrogens with one attached hydrogen (secondary N) is 1. The lowest BCUT2D eigenvalue weighted by Gasteiger charge is -2.17. The Morgan fingerprint density at radius 1 is 1.27 bits per heavy atom. The summed E-state index contributed by atoms with van der Waals surface area (Å²) in [7, 11) is 1.70. The molecule has 0 heterocycles. The van der Waals surface area contributed by atoms with Crippen LogP contribution in [-0.4, -0.2) is 19.8 Å². The maximum atomic E-state index is 5.08. The molecule has 0 amide bonds. The summed E-state index contributed by atoms with van der Waals surface area (Å²) in [5.41, 5.74) is 1.04. The third kappa shape index (κ3) is 4.06. The molecular weight excluding hydrogens is 390 g/mol. The molecule has 0 aliphatic rings. The van der Waals surface area contributed by atoms with Gasteiger partial charge in [0.15, 0.2) is 0 Å². The molecule has 1 rings (SSSR count). The molecule has 0 saturated carbocycles. The Bertz CT molecular complexity index is 320. The topological polar surface area (TPSA) is 21.3 Å². The predicted molar refractivity (Wildman–Crippen MR) is 74.5 cm³/mol. The molecule has 1 aromatic rings. The van der Waals surface area contributed by atoms with E-state index in [2.05, 4.69) is 60.0 Å². The minimum atomic E-state index is 0.267. The van der Waals surface area contributed by atoms with Gasteiger partial charge in [0.05, 0.1) is 12.3 Å². The summed E-state index contributed by atoms with van der Waals surface area (Å²) in [5.74, 6) is 0. The van der Waals surface area contributed by atoms with Gasteiger partial charge in [-0.05, 0) is 50.9 Å². The fraction of sp³-hybridized carbons (Fsp3) is 0.400. The van der Waals surface area contributed by atoms with E-state index < -0.39 is 0 Å². The number of rotatable bonds is 4. The van der Waals surface area contributed by atoms with Gasteiger partial charge in [-0.2, -0.15) is 0 Å². The molecule has 5 heteroatoms. The summed E-state index contributed by atoms with van der Waals surface area (Å²) in [4.78, 5) is 0. The molecule has 0 aromatic heterocycles. The number of benzene rings is 1. The quantitative estimate of drug-likeness (QED) is 0.806. The van der Waals surface area contributed by atoms with E-state index in [-0.39, 0.29) is 6.04 Å². The first-order chi connectivity index (χ1) is 7.04. The molecule has 0 fully saturated rings. The molecule has 84 valence electrons. The number of ether oxygens (including phenoxy) is 1. The summed E-state index contributed by atoms with van der Waals surface area (Å²) in [6.45, 7) is 2.75. The van der Waals surface area contributed by atoms with Crippen LogP contribution in [0.15, 0.2) is 25.6 Å². The van der Waals surface area contributed by atoms with Gasteiger partial charge in [-0.3, -0.25) is 0 Å². The van der Waals surface area contributed by atoms with Crippen molar-refractivity contribution in [2.45, 2.75) is 13.0 Å². The third-order valence-corrected chi connectivity index (χ3v) is 3.52. The van der Waals surface area contributed by atoms with Crippen molar-refractivity contribution < 1.29 is 4.74 Å². The van der Waals surface area contributed by atoms with Crippen molar-refractivity contribution in [1.82, 2.24) is 0 Å². The minimum Gasteiger partial charge on any atom is -0.383 e. The van der Waals surface area contributed by atoms with Gasteiger partial charge >= 0.3 is 0 Å². The van der Waals surface area contributed by atoms with E-state index in [1.54, 1.807) is 7.11 Å². The maximum absolute atomic E-state index is 5.08. The highest BCUT2D eigenvalue weighted by Crippen LogP contribution is 2.34. The van der Waals surface area contributed by atoms with Gasteiger partial charge in [-0.25, -0.2) is 0 Å². The number of methoxy groups -OCH3 is 1. The Hall–Kier alpha value is 0.420. The van der Waals surface area contributed by atoms with E-state index >= 15 is 0 Å². The number of halogens is 3. The molecule has 0 aliphatic carbocycles. The second-order valence-electron chi connectivity index (χ2n) is 3.25. The van der Waals surface area contributed by atoms with Gasteiger partial charge in [0.1, 0.15) is 0 Å². The lowest BCUT2D eigenvalue weighted by atomic mass is 10.3. The standard InChI is InChI=1S/C10H12Br3NO/c1-6(5-15-2)14-10-8(12)3-7(11)4-9(10)13/h3-4,6,14H,5H2,1-2H3. The third-order valence-electron chi connectivity index (χ3n) is 1.81. The summed E-state index contributed by atoms with van der Waals surface area (Å²) in [6.07, 6.45) is 0. The van der Waals surface area contributed by atoms with Crippen molar-refractivity contribution in [2.75, 3.05) is 19.0 Å². The van der Waals surface area contributed by atoms with Gasteiger partial charge in [0.25, 0.3) is 0 Å². The molecule has 1 aromatic carbocycles. The minimum absolute atomic E-state index is 0.267. The van der Waals surface area contributed by atoms with Gasteiger partial charge < -0.3 is 10.1 Å². The van der Waals surface area contributed by atoms with Crippen molar-refractivity contribution in [3.8, 4) is 0 Å². The van der Waals surface area contributed by atoms with Crippen LogP contribution in [0.1, 0.15) is 6.92 Å². The zero-order valence-corrected chi connectivity index (χ0v) is 13.2. The molecule has 0 aliphatic heterocycles. The van der Waals surface area contributed by atoms with Gasteiger partial charge in [0, 0.05) is 26.6 Å². The first-order valence-electron chi connectivity index (χ1n) is 4.44. The van der Waals surface area contributed by atoms with Gasteiger partial charge in [-0.15, -0.1) is 0 Å². The fourth-order valence-electron chi connectivity index (χ4n) is 1.22. The average Bonchev–Trinajstić information content (AvgIpc) is 2.11. The first-order valence-corrected chi connectivity index (χ1v) is 6.82. The number of anilines is 1. The van der Waals surface area contributed by atoms with Gasteiger partial charge in [-0.1, -0.05) is 15.9 Å². The zero-order chi connectivity index (χ0) is 11.4. The van der Waals surface area contributed by atoms with Crippen LogP contribution >= 0.6 is 47.8 Å². The lowest BCUT2D eigenvalue weighted by Crippen LogP contribution is -2.21. The van der Waals surface area contributed by atoms with Crippen LogP contribution < -0.4 is 5.32 Å². The Kier molecular flexibility index (Phi) is 5.60. The highest BCUT2D eigenvalue weighted by Gasteiger charge is 2.09. The first kappa shape index (κ1) is 13.5. The van der Waals surface area contributed by atoms with E-state index in [1.165, 1.54) is 0 Å². The Morgan fingerprint density at radius 2 is 1.80 bits per heavy atom. The van der Waals surface area contributed by atoms with E-state index in [4.69, 9.17) is 4.74 Å². The van der Waals surface area contributed by atoms with Crippen LogP contribution in [0.5, 0.6) is 0 Å². The van der Waals surface area contributed by atoms with Crippen LogP contribution in [-0.2, 0) is 4.74 Å². The zero-order valence-electron chi connectivity index (χ0n) is 8.48. The Labute approximate surface area is 115 Å². The van der Waals surface area contributed by atoms with E-state index in [9.17, 15) is 0 Å². The van der Waals surface area contributed by atoms with Crippen LogP contribution in [0.4, 0.5) is 5.69 Å². The van der Waals surface area contributed by atoms with Crippen molar-refractivity contribution in [2.24, 2.45) is 0 Å². The van der Waals surface area contributed by atoms with Crippen LogP contribution in [0.2, 0.25) is 0 Å². The molecule has 15 heavy (non-hydrogen) atoms. The molecule has 2 nitrogen and oxygen atoms in total. The summed E-state index contributed by atoms with van der Waals surface area (Å²) in [6, 6.07) is 4.28. The highest BCUT2D eigenvalue weighted by molar-refractivity contribution is 9.11. The average molecular weight is 402 g/mol. The van der Waals surface area contributed by atoms with E-state index in [1.807, 2.05) is 12.1 Å². The molecule has 1 N–H and O–H groups in total. The Balaban J connectivity index is 2.85. The van der Waals surface area contributed by atoms with Crippen LogP contribution in [0.25, 0.3) is 0 Å². The molecule has 1 unspecified atom stereocenters.